The number of aliphatic hydroxyl groups is 1. The van der Waals surface area contributed by atoms with Gasteiger partial charge in [-0.3, -0.25) is 4.18 Å². The number of rotatable bonds is 15. The minimum absolute atomic E-state index is 0. The molecule has 0 saturated heterocycles. The molecule has 0 bridgehead atoms. The number of aliphatic hydroxyl groups excluding tert-OH is 1. The summed E-state index contributed by atoms with van der Waals surface area (Å²) in [5, 5.41) is 8.44. The zero-order chi connectivity index (χ0) is 27.8. The van der Waals surface area contributed by atoms with Gasteiger partial charge in [0.2, 0.25) is 10.4 Å². The summed E-state index contributed by atoms with van der Waals surface area (Å²) in [7, 11) is -4.48. The molecule has 5 nitrogen and oxygen atoms in total. The van der Waals surface area contributed by atoms with Crippen LogP contribution in [0, 0.1) is 5.92 Å². The molecule has 2 rings (SSSR count). The summed E-state index contributed by atoms with van der Waals surface area (Å²) in [4.78, 5) is 0. The van der Waals surface area contributed by atoms with Gasteiger partial charge in [-0.2, -0.15) is 0 Å². The van der Waals surface area contributed by atoms with Crippen molar-refractivity contribution in [2.75, 3.05) is 13.2 Å². The van der Waals surface area contributed by atoms with E-state index < -0.39 is 10.4 Å². The maximum Gasteiger partial charge on any atom is 1.00 e. The SMILES string of the molecule is C=C(C)C1CC=C(C)CC1.CCCCCCCCCCCCOS(=O)(=O)[O-].OCC=Cc1ccccc1.[Na+]. The van der Waals surface area contributed by atoms with Gasteiger partial charge in [0, 0.05) is 0 Å². The zero-order valence-corrected chi connectivity index (χ0v) is 27.3. The number of hydrogen-bond donors (Lipinski definition) is 1. The molecule has 0 aromatic heterocycles. The first kappa shape index (κ1) is 39.4. The van der Waals surface area contributed by atoms with Crippen molar-refractivity contribution in [3.63, 3.8) is 0 Å². The van der Waals surface area contributed by atoms with Gasteiger partial charge in [-0.1, -0.05) is 131 Å². The average molecular weight is 559 g/mol. The van der Waals surface area contributed by atoms with Crippen molar-refractivity contribution in [3.8, 4) is 0 Å². The first-order valence-corrected chi connectivity index (χ1v) is 15.3. The fraction of sp³-hybridized carbons (Fsp3) is 0.613. The Balaban J connectivity index is 0. The Morgan fingerprint density at radius 1 is 1.05 bits per heavy atom. The second-order valence-electron chi connectivity index (χ2n) is 9.78. The molecule has 212 valence electrons. The van der Waals surface area contributed by atoms with Crippen LogP contribution >= 0.6 is 0 Å². The number of benzene rings is 1. The topological polar surface area (TPSA) is 86.7 Å². The Morgan fingerprint density at radius 3 is 2.05 bits per heavy atom. The van der Waals surface area contributed by atoms with Gasteiger partial charge in [-0.05, 0) is 51.0 Å². The van der Waals surface area contributed by atoms with E-state index >= 15 is 0 Å². The number of hydrogen-bond acceptors (Lipinski definition) is 5. The van der Waals surface area contributed by atoms with Crippen LogP contribution in [0.1, 0.15) is 110 Å². The first-order chi connectivity index (χ1) is 17.7. The molecule has 0 heterocycles. The molecule has 1 aromatic rings. The molecule has 1 N–H and O–H groups in total. The smallest absolute Gasteiger partial charge is 0.726 e. The molecule has 0 radical (unpaired) electrons. The van der Waals surface area contributed by atoms with Crippen LogP contribution in [-0.4, -0.2) is 31.3 Å². The number of allylic oxidation sites excluding steroid dienone is 3. The standard InChI is InChI=1S/C12H26O4S.C10H16.C9H10O.Na/c1-2-3-4-5-6-7-8-9-10-11-12-16-17(13,14)15;1-8(2)10-6-4-9(3)5-7-10;10-8-4-7-9-5-2-1-3-6-9;/h2-12H2,1H3,(H,13,14,15);4,10H,1,5-7H2,2-3H3;1-7,10H,8H2;/q;;;+1/p-1. The van der Waals surface area contributed by atoms with Gasteiger partial charge in [0.15, 0.2) is 0 Å². The summed E-state index contributed by atoms with van der Waals surface area (Å²) in [6, 6.07) is 9.89. The van der Waals surface area contributed by atoms with Crippen molar-refractivity contribution in [3.05, 3.63) is 65.8 Å². The van der Waals surface area contributed by atoms with Crippen LogP contribution in [0.25, 0.3) is 6.08 Å². The van der Waals surface area contributed by atoms with Crippen molar-refractivity contribution < 1.29 is 51.8 Å². The van der Waals surface area contributed by atoms with Crippen molar-refractivity contribution in [1.82, 2.24) is 0 Å². The average Bonchev–Trinajstić information content (AvgIpc) is 2.87. The van der Waals surface area contributed by atoms with E-state index in [1.165, 1.54) is 69.8 Å². The van der Waals surface area contributed by atoms with Crippen LogP contribution in [0.3, 0.4) is 0 Å². The van der Waals surface area contributed by atoms with Gasteiger partial charge >= 0.3 is 29.6 Å². The molecule has 0 fully saturated rings. The second kappa shape index (κ2) is 26.5. The molecule has 1 aromatic carbocycles. The normalized spacial score (nSPS) is 14.9. The summed E-state index contributed by atoms with van der Waals surface area (Å²) in [5.41, 5.74) is 4.03. The molecule has 1 unspecified atom stereocenters. The summed E-state index contributed by atoms with van der Waals surface area (Å²) in [6.07, 6.45) is 21.5. The molecule has 7 heteroatoms. The molecule has 1 aliphatic rings. The number of unbranched alkanes of at least 4 members (excludes halogenated alkanes) is 9. The summed E-state index contributed by atoms with van der Waals surface area (Å²) in [6.45, 7) is 10.7. The summed E-state index contributed by atoms with van der Waals surface area (Å²) >= 11 is 0. The van der Waals surface area contributed by atoms with Crippen molar-refractivity contribution in [2.45, 2.75) is 104 Å². The molecule has 1 aliphatic carbocycles. The second-order valence-corrected chi connectivity index (χ2v) is 10.8. The Hall–Kier alpha value is -0.730. The van der Waals surface area contributed by atoms with E-state index in [9.17, 15) is 13.0 Å². The van der Waals surface area contributed by atoms with Gasteiger partial charge in [0.05, 0.1) is 13.2 Å². The van der Waals surface area contributed by atoms with Crippen molar-refractivity contribution in [2.24, 2.45) is 5.92 Å². The molecule has 1 atom stereocenters. The van der Waals surface area contributed by atoms with Crippen LogP contribution in [-0.2, 0) is 14.6 Å². The zero-order valence-electron chi connectivity index (χ0n) is 24.5. The minimum atomic E-state index is -4.48. The van der Waals surface area contributed by atoms with Gasteiger partial charge in [-0.25, -0.2) is 8.42 Å². The minimum Gasteiger partial charge on any atom is -0.726 e. The Morgan fingerprint density at radius 2 is 1.61 bits per heavy atom. The predicted octanol–water partition coefficient (Wildman–Crippen LogP) is 5.39. The van der Waals surface area contributed by atoms with Crippen molar-refractivity contribution >= 4 is 16.5 Å². The molecule has 0 saturated carbocycles. The van der Waals surface area contributed by atoms with E-state index in [4.69, 9.17) is 5.11 Å². The summed E-state index contributed by atoms with van der Waals surface area (Å²) in [5.74, 6) is 0.767. The Kier molecular flexibility index (Phi) is 27.5. The Labute approximate surface area is 256 Å². The van der Waals surface area contributed by atoms with E-state index in [0.717, 1.165) is 24.3 Å². The van der Waals surface area contributed by atoms with Crippen LogP contribution in [0.5, 0.6) is 0 Å². The van der Waals surface area contributed by atoms with Gasteiger partial charge < -0.3 is 9.66 Å². The predicted molar refractivity (Wildman–Crippen MR) is 156 cm³/mol. The fourth-order valence-electron chi connectivity index (χ4n) is 3.92. The first-order valence-electron chi connectivity index (χ1n) is 13.9. The molecular formula is C31H51NaO5S. The van der Waals surface area contributed by atoms with Gasteiger partial charge in [0.1, 0.15) is 0 Å². The maximum atomic E-state index is 10.1. The van der Waals surface area contributed by atoms with Crippen LogP contribution in [0.4, 0.5) is 0 Å². The largest absolute Gasteiger partial charge is 1.00 e. The fourth-order valence-corrected chi connectivity index (χ4v) is 4.24. The third kappa shape index (κ3) is 26.9. The van der Waals surface area contributed by atoms with Gasteiger partial charge in [-0.15, -0.1) is 0 Å². The van der Waals surface area contributed by atoms with E-state index in [-0.39, 0.29) is 42.8 Å². The van der Waals surface area contributed by atoms with E-state index in [1.54, 1.807) is 11.6 Å². The third-order valence-electron chi connectivity index (χ3n) is 6.28. The van der Waals surface area contributed by atoms with Crippen LogP contribution in [0.2, 0.25) is 0 Å². The van der Waals surface area contributed by atoms with E-state index in [2.05, 4.69) is 37.6 Å². The maximum absolute atomic E-state index is 10.1. The molecule has 0 aliphatic heterocycles. The van der Waals surface area contributed by atoms with Crippen LogP contribution in [0.15, 0.2) is 60.2 Å². The van der Waals surface area contributed by atoms with Gasteiger partial charge in [0.25, 0.3) is 0 Å². The van der Waals surface area contributed by atoms with E-state index in [0.29, 0.717) is 6.42 Å². The summed E-state index contributed by atoms with van der Waals surface area (Å²) < 4.78 is 34.5. The molecular weight excluding hydrogens is 507 g/mol. The molecule has 0 spiro atoms. The van der Waals surface area contributed by atoms with Crippen molar-refractivity contribution in [1.29, 1.82) is 0 Å². The van der Waals surface area contributed by atoms with E-state index in [1.807, 2.05) is 36.4 Å². The van der Waals surface area contributed by atoms with Crippen LogP contribution < -0.4 is 29.6 Å². The monoisotopic (exact) mass is 558 g/mol. The third-order valence-corrected chi connectivity index (χ3v) is 6.73. The molecule has 0 amide bonds. The quantitative estimate of drug-likeness (QED) is 0.103. The Bertz CT molecular complexity index is 850. The molecule has 38 heavy (non-hydrogen) atoms.